The Morgan fingerprint density at radius 1 is 0.824 bits per heavy atom. The van der Waals surface area contributed by atoms with Crippen LogP contribution in [0.1, 0.15) is 0 Å². The highest BCUT2D eigenvalue weighted by Gasteiger charge is 2.05. The van der Waals surface area contributed by atoms with Gasteiger partial charge in [-0.1, -0.05) is 30.3 Å². The molecule has 2 nitrogen and oxygen atoms in total. The summed E-state index contributed by atoms with van der Waals surface area (Å²) in [7, 11) is 0. The standard InChI is InChI=1S/C14H10N2S/c1-2-4-12(5-3-1)14-16-13(10-17-14)11-6-8-15-9-7-11/h1-10H. The molecule has 0 radical (unpaired) electrons. The van der Waals surface area contributed by atoms with E-state index in [2.05, 4.69) is 27.5 Å². The molecule has 2 aromatic heterocycles. The fourth-order valence-electron chi connectivity index (χ4n) is 1.64. The largest absolute Gasteiger partial charge is 0.265 e. The maximum atomic E-state index is 4.64. The molecular formula is C14H10N2S. The molecule has 17 heavy (non-hydrogen) atoms. The number of hydrogen-bond donors (Lipinski definition) is 0. The topological polar surface area (TPSA) is 25.8 Å². The predicted molar refractivity (Wildman–Crippen MR) is 70.8 cm³/mol. The van der Waals surface area contributed by atoms with Gasteiger partial charge in [0.25, 0.3) is 0 Å². The van der Waals surface area contributed by atoms with Crippen LogP contribution < -0.4 is 0 Å². The molecule has 82 valence electrons. The Labute approximate surface area is 104 Å². The van der Waals surface area contributed by atoms with Crippen molar-refractivity contribution in [2.24, 2.45) is 0 Å². The molecule has 0 bridgehead atoms. The number of pyridine rings is 1. The number of benzene rings is 1. The van der Waals surface area contributed by atoms with Crippen LogP contribution in [-0.4, -0.2) is 9.97 Å². The van der Waals surface area contributed by atoms with Crippen molar-refractivity contribution in [2.45, 2.75) is 0 Å². The molecule has 1 aromatic carbocycles. The highest BCUT2D eigenvalue weighted by atomic mass is 32.1. The zero-order valence-corrected chi connectivity index (χ0v) is 9.89. The van der Waals surface area contributed by atoms with Gasteiger partial charge in [-0.15, -0.1) is 11.3 Å². The van der Waals surface area contributed by atoms with Crippen molar-refractivity contribution < 1.29 is 0 Å². The molecule has 2 heterocycles. The van der Waals surface area contributed by atoms with E-state index in [0.29, 0.717) is 0 Å². The van der Waals surface area contributed by atoms with E-state index in [1.165, 1.54) is 0 Å². The number of nitrogens with zero attached hydrogens (tertiary/aromatic N) is 2. The lowest BCUT2D eigenvalue weighted by atomic mass is 10.2. The average molecular weight is 238 g/mol. The number of rotatable bonds is 2. The van der Waals surface area contributed by atoms with Gasteiger partial charge < -0.3 is 0 Å². The number of hydrogen-bond acceptors (Lipinski definition) is 3. The molecule has 0 aliphatic heterocycles. The molecule has 3 aromatic rings. The van der Waals surface area contributed by atoms with Crippen molar-refractivity contribution in [1.82, 2.24) is 9.97 Å². The molecule has 0 atom stereocenters. The van der Waals surface area contributed by atoms with Crippen LogP contribution in [0.15, 0.2) is 60.2 Å². The summed E-state index contributed by atoms with van der Waals surface area (Å²) in [5, 5.41) is 3.13. The van der Waals surface area contributed by atoms with E-state index in [1.54, 1.807) is 23.7 Å². The van der Waals surface area contributed by atoms with Gasteiger partial charge >= 0.3 is 0 Å². The van der Waals surface area contributed by atoms with Gasteiger partial charge in [-0.05, 0) is 12.1 Å². The third-order valence-corrected chi connectivity index (χ3v) is 3.39. The van der Waals surface area contributed by atoms with Gasteiger partial charge in [0.15, 0.2) is 0 Å². The maximum Gasteiger partial charge on any atom is 0.124 e. The molecule has 0 saturated heterocycles. The van der Waals surface area contributed by atoms with E-state index in [-0.39, 0.29) is 0 Å². The zero-order valence-electron chi connectivity index (χ0n) is 9.08. The van der Waals surface area contributed by atoms with E-state index >= 15 is 0 Å². The van der Waals surface area contributed by atoms with Crippen LogP contribution >= 0.6 is 11.3 Å². The van der Waals surface area contributed by atoms with Gasteiger partial charge in [-0.3, -0.25) is 4.98 Å². The molecular weight excluding hydrogens is 228 g/mol. The predicted octanol–water partition coefficient (Wildman–Crippen LogP) is 3.87. The van der Waals surface area contributed by atoms with Crippen LogP contribution in [0, 0.1) is 0 Å². The van der Waals surface area contributed by atoms with Gasteiger partial charge in [0, 0.05) is 28.9 Å². The van der Waals surface area contributed by atoms with Gasteiger partial charge in [0.1, 0.15) is 5.01 Å². The summed E-state index contributed by atoms with van der Waals surface area (Å²) >= 11 is 1.67. The Morgan fingerprint density at radius 2 is 1.59 bits per heavy atom. The maximum absolute atomic E-state index is 4.64. The van der Waals surface area contributed by atoms with E-state index in [0.717, 1.165) is 21.8 Å². The van der Waals surface area contributed by atoms with Crippen molar-refractivity contribution in [3.63, 3.8) is 0 Å². The molecule has 0 aliphatic rings. The second-order valence-corrected chi connectivity index (χ2v) is 4.50. The molecule has 0 fully saturated rings. The Hall–Kier alpha value is -2.00. The third kappa shape index (κ3) is 2.10. The van der Waals surface area contributed by atoms with Crippen LogP contribution in [0.25, 0.3) is 21.8 Å². The summed E-state index contributed by atoms with van der Waals surface area (Å²) in [6, 6.07) is 14.2. The molecule has 0 aliphatic carbocycles. The minimum absolute atomic E-state index is 1.01. The smallest absolute Gasteiger partial charge is 0.124 e. The summed E-state index contributed by atoms with van der Waals surface area (Å²) in [4.78, 5) is 8.65. The molecule has 0 N–H and O–H groups in total. The quantitative estimate of drug-likeness (QED) is 0.677. The normalized spacial score (nSPS) is 10.4. The van der Waals surface area contributed by atoms with Crippen molar-refractivity contribution >= 4 is 11.3 Å². The third-order valence-electron chi connectivity index (χ3n) is 2.50. The van der Waals surface area contributed by atoms with Crippen molar-refractivity contribution in [2.75, 3.05) is 0 Å². The minimum Gasteiger partial charge on any atom is -0.265 e. The van der Waals surface area contributed by atoms with Crippen LogP contribution in [0.5, 0.6) is 0 Å². The monoisotopic (exact) mass is 238 g/mol. The first-order chi connectivity index (χ1) is 8.43. The second-order valence-electron chi connectivity index (χ2n) is 3.64. The molecule has 0 saturated carbocycles. The fourth-order valence-corrected chi connectivity index (χ4v) is 2.48. The Bertz CT molecular complexity index is 548. The van der Waals surface area contributed by atoms with E-state index in [1.807, 2.05) is 30.3 Å². The van der Waals surface area contributed by atoms with E-state index in [4.69, 9.17) is 0 Å². The Balaban J connectivity index is 1.99. The van der Waals surface area contributed by atoms with Gasteiger partial charge in [0.05, 0.1) is 5.69 Å². The van der Waals surface area contributed by atoms with Gasteiger partial charge in [0.2, 0.25) is 0 Å². The van der Waals surface area contributed by atoms with Crippen LogP contribution in [0.2, 0.25) is 0 Å². The van der Waals surface area contributed by atoms with Gasteiger partial charge in [-0.25, -0.2) is 4.98 Å². The number of thiazole rings is 1. The molecule has 3 rings (SSSR count). The average Bonchev–Trinajstić information content (AvgIpc) is 2.90. The highest BCUT2D eigenvalue weighted by molar-refractivity contribution is 7.13. The lowest BCUT2D eigenvalue weighted by Crippen LogP contribution is -1.79. The number of aromatic nitrogens is 2. The van der Waals surface area contributed by atoms with Crippen molar-refractivity contribution in [3.8, 4) is 21.8 Å². The summed E-state index contributed by atoms with van der Waals surface area (Å²) in [5.74, 6) is 0. The molecule has 0 unspecified atom stereocenters. The first-order valence-electron chi connectivity index (χ1n) is 5.35. The highest BCUT2D eigenvalue weighted by Crippen LogP contribution is 2.28. The summed E-state index contributed by atoms with van der Waals surface area (Å²) in [5.41, 5.74) is 3.28. The Kier molecular flexibility index (Phi) is 2.68. The Morgan fingerprint density at radius 3 is 2.35 bits per heavy atom. The SMILES string of the molecule is c1ccc(-c2nc(-c3ccncc3)cs2)cc1. The zero-order chi connectivity index (χ0) is 11.5. The van der Waals surface area contributed by atoms with Crippen LogP contribution in [-0.2, 0) is 0 Å². The minimum atomic E-state index is 1.01. The van der Waals surface area contributed by atoms with Gasteiger partial charge in [-0.2, -0.15) is 0 Å². The van der Waals surface area contributed by atoms with Crippen molar-refractivity contribution in [3.05, 3.63) is 60.2 Å². The van der Waals surface area contributed by atoms with Crippen LogP contribution in [0.3, 0.4) is 0 Å². The fraction of sp³-hybridized carbons (Fsp3) is 0. The van der Waals surface area contributed by atoms with E-state index < -0.39 is 0 Å². The van der Waals surface area contributed by atoms with E-state index in [9.17, 15) is 0 Å². The first-order valence-corrected chi connectivity index (χ1v) is 6.23. The second kappa shape index (κ2) is 4.47. The van der Waals surface area contributed by atoms with Crippen molar-refractivity contribution in [1.29, 1.82) is 0 Å². The molecule has 0 spiro atoms. The van der Waals surface area contributed by atoms with Crippen LogP contribution in [0.4, 0.5) is 0 Å². The first kappa shape index (κ1) is 10.2. The lowest BCUT2D eigenvalue weighted by Gasteiger charge is -1.95. The summed E-state index contributed by atoms with van der Waals surface area (Å²) in [6.07, 6.45) is 3.58. The molecule has 0 amide bonds. The lowest BCUT2D eigenvalue weighted by molar-refractivity contribution is 1.31. The molecule has 3 heteroatoms. The summed E-state index contributed by atoms with van der Waals surface area (Å²) < 4.78 is 0. The summed E-state index contributed by atoms with van der Waals surface area (Å²) in [6.45, 7) is 0.